The standard InChI is InChI=1S/C11H18N2O3/c1-3-13-9(8(16-2)6-12-13)11(15)10(14)7-4-5-7/h6-7,10-11,14-15H,3-5H2,1-2H3. The zero-order chi connectivity index (χ0) is 11.7. The Balaban J connectivity index is 2.25. The SMILES string of the molecule is CCn1ncc(OC)c1C(O)C(O)C1CC1. The Morgan fingerprint density at radius 3 is 2.75 bits per heavy atom. The van der Waals surface area contributed by atoms with Crippen LogP contribution in [0.1, 0.15) is 31.6 Å². The predicted molar refractivity (Wildman–Crippen MR) is 58.1 cm³/mol. The van der Waals surface area contributed by atoms with Crippen LogP contribution in [0.2, 0.25) is 0 Å². The van der Waals surface area contributed by atoms with E-state index in [1.807, 2.05) is 6.92 Å². The molecule has 0 spiro atoms. The van der Waals surface area contributed by atoms with Crippen LogP contribution in [0.15, 0.2) is 6.20 Å². The van der Waals surface area contributed by atoms with Crippen LogP contribution < -0.4 is 4.74 Å². The number of nitrogens with zero attached hydrogens (tertiary/aromatic N) is 2. The van der Waals surface area contributed by atoms with Gasteiger partial charge in [-0.1, -0.05) is 0 Å². The largest absolute Gasteiger partial charge is 0.493 e. The molecule has 1 aromatic rings. The van der Waals surface area contributed by atoms with Crippen LogP contribution in [-0.2, 0) is 6.54 Å². The normalized spacial score (nSPS) is 19.5. The van der Waals surface area contributed by atoms with E-state index in [-0.39, 0.29) is 5.92 Å². The van der Waals surface area contributed by atoms with E-state index in [0.717, 1.165) is 12.8 Å². The molecule has 0 radical (unpaired) electrons. The van der Waals surface area contributed by atoms with Crippen molar-refractivity contribution in [2.45, 2.75) is 38.5 Å². The molecule has 2 rings (SSSR count). The maximum atomic E-state index is 10.1. The second-order valence-corrected chi connectivity index (χ2v) is 4.19. The van der Waals surface area contributed by atoms with Gasteiger partial charge in [0.2, 0.25) is 0 Å². The molecule has 5 heteroatoms. The maximum Gasteiger partial charge on any atom is 0.162 e. The third-order valence-electron chi connectivity index (χ3n) is 3.07. The number of hydrogen-bond acceptors (Lipinski definition) is 4. The van der Waals surface area contributed by atoms with E-state index < -0.39 is 12.2 Å². The molecule has 0 amide bonds. The van der Waals surface area contributed by atoms with E-state index in [9.17, 15) is 10.2 Å². The molecular weight excluding hydrogens is 208 g/mol. The molecular formula is C11H18N2O3. The summed E-state index contributed by atoms with van der Waals surface area (Å²) in [7, 11) is 1.54. The van der Waals surface area contributed by atoms with E-state index in [1.54, 1.807) is 10.9 Å². The van der Waals surface area contributed by atoms with E-state index >= 15 is 0 Å². The number of rotatable bonds is 5. The van der Waals surface area contributed by atoms with E-state index in [2.05, 4.69) is 5.10 Å². The summed E-state index contributed by atoms with van der Waals surface area (Å²) in [6.45, 7) is 2.58. The highest BCUT2D eigenvalue weighted by molar-refractivity contribution is 5.28. The van der Waals surface area contributed by atoms with Crippen molar-refractivity contribution >= 4 is 0 Å². The summed E-state index contributed by atoms with van der Waals surface area (Å²) >= 11 is 0. The Bertz CT molecular complexity index is 339. The van der Waals surface area contributed by atoms with Crippen molar-refractivity contribution in [1.82, 2.24) is 9.78 Å². The quantitative estimate of drug-likeness (QED) is 0.776. The first-order chi connectivity index (χ1) is 7.69. The summed E-state index contributed by atoms with van der Waals surface area (Å²) in [6.07, 6.45) is 1.92. The number of hydrogen-bond donors (Lipinski definition) is 2. The van der Waals surface area contributed by atoms with Gasteiger partial charge < -0.3 is 14.9 Å². The van der Waals surface area contributed by atoms with Gasteiger partial charge in [-0.25, -0.2) is 0 Å². The molecule has 1 heterocycles. The van der Waals surface area contributed by atoms with Gasteiger partial charge in [-0.2, -0.15) is 5.10 Å². The van der Waals surface area contributed by atoms with Gasteiger partial charge in [0.25, 0.3) is 0 Å². The minimum absolute atomic E-state index is 0.222. The number of aliphatic hydroxyl groups is 2. The second kappa shape index (κ2) is 4.43. The molecule has 90 valence electrons. The Morgan fingerprint density at radius 1 is 1.56 bits per heavy atom. The fourth-order valence-corrected chi connectivity index (χ4v) is 1.94. The molecule has 0 bridgehead atoms. The molecule has 1 aliphatic carbocycles. The van der Waals surface area contributed by atoms with Crippen molar-refractivity contribution in [3.63, 3.8) is 0 Å². The minimum atomic E-state index is -0.912. The van der Waals surface area contributed by atoms with Gasteiger partial charge >= 0.3 is 0 Å². The highest BCUT2D eigenvalue weighted by atomic mass is 16.5. The van der Waals surface area contributed by atoms with Gasteiger partial charge in [0.1, 0.15) is 11.8 Å². The lowest BCUT2D eigenvalue weighted by molar-refractivity contribution is -0.00135. The highest BCUT2D eigenvalue weighted by Crippen LogP contribution is 2.39. The van der Waals surface area contributed by atoms with Crippen LogP contribution >= 0.6 is 0 Å². The lowest BCUT2D eigenvalue weighted by Gasteiger charge is -2.19. The van der Waals surface area contributed by atoms with Crippen molar-refractivity contribution in [3.8, 4) is 5.75 Å². The monoisotopic (exact) mass is 226 g/mol. The van der Waals surface area contributed by atoms with Crippen LogP contribution in [0, 0.1) is 5.92 Å². The smallest absolute Gasteiger partial charge is 0.162 e. The first-order valence-corrected chi connectivity index (χ1v) is 5.64. The van der Waals surface area contributed by atoms with Crippen LogP contribution in [-0.4, -0.2) is 33.2 Å². The molecule has 5 nitrogen and oxygen atoms in total. The van der Waals surface area contributed by atoms with Crippen LogP contribution in [0.3, 0.4) is 0 Å². The number of ether oxygens (including phenoxy) is 1. The lowest BCUT2D eigenvalue weighted by atomic mass is 10.1. The molecule has 16 heavy (non-hydrogen) atoms. The van der Waals surface area contributed by atoms with Crippen molar-refractivity contribution in [1.29, 1.82) is 0 Å². The highest BCUT2D eigenvalue weighted by Gasteiger charge is 2.37. The first-order valence-electron chi connectivity index (χ1n) is 5.64. The molecule has 1 saturated carbocycles. The molecule has 1 aliphatic rings. The van der Waals surface area contributed by atoms with Gasteiger partial charge in [0, 0.05) is 6.54 Å². The van der Waals surface area contributed by atoms with Gasteiger partial charge in [-0.3, -0.25) is 4.68 Å². The predicted octanol–water partition coefficient (Wildman–Crippen LogP) is 0.716. The zero-order valence-corrected chi connectivity index (χ0v) is 9.63. The van der Waals surface area contributed by atoms with E-state index in [4.69, 9.17) is 4.74 Å². The summed E-state index contributed by atoms with van der Waals surface area (Å²) in [4.78, 5) is 0. The van der Waals surface area contributed by atoms with Gasteiger partial charge in [-0.15, -0.1) is 0 Å². The van der Waals surface area contributed by atoms with E-state index in [0.29, 0.717) is 18.0 Å². The molecule has 2 N–H and O–H groups in total. The molecule has 0 saturated heterocycles. The third-order valence-corrected chi connectivity index (χ3v) is 3.07. The number of aromatic nitrogens is 2. The molecule has 2 atom stereocenters. The fourth-order valence-electron chi connectivity index (χ4n) is 1.94. The third kappa shape index (κ3) is 1.92. The van der Waals surface area contributed by atoms with Gasteiger partial charge in [0.15, 0.2) is 5.75 Å². The average molecular weight is 226 g/mol. The van der Waals surface area contributed by atoms with Gasteiger partial charge in [-0.05, 0) is 25.7 Å². The molecule has 0 aliphatic heterocycles. The van der Waals surface area contributed by atoms with Crippen molar-refractivity contribution in [3.05, 3.63) is 11.9 Å². The van der Waals surface area contributed by atoms with Crippen LogP contribution in [0.4, 0.5) is 0 Å². The molecule has 2 unspecified atom stereocenters. The number of aliphatic hydroxyl groups excluding tert-OH is 2. The summed E-state index contributed by atoms with van der Waals surface area (Å²) in [5.41, 5.74) is 0.574. The molecule has 1 fully saturated rings. The minimum Gasteiger partial charge on any atom is -0.493 e. The summed E-state index contributed by atoms with van der Waals surface area (Å²) < 4.78 is 6.81. The van der Waals surface area contributed by atoms with Crippen molar-refractivity contribution < 1.29 is 14.9 Å². The first kappa shape index (κ1) is 11.4. The maximum absolute atomic E-state index is 10.1. The lowest BCUT2D eigenvalue weighted by Crippen LogP contribution is -2.23. The Morgan fingerprint density at radius 2 is 2.25 bits per heavy atom. The fraction of sp³-hybridized carbons (Fsp3) is 0.727. The number of methoxy groups -OCH3 is 1. The Hall–Kier alpha value is -1.07. The van der Waals surface area contributed by atoms with Crippen LogP contribution in [0.5, 0.6) is 5.75 Å². The van der Waals surface area contributed by atoms with E-state index in [1.165, 1.54) is 7.11 Å². The topological polar surface area (TPSA) is 67.5 Å². The Kier molecular flexibility index (Phi) is 3.16. The summed E-state index contributed by atoms with van der Waals surface area (Å²) in [6, 6.07) is 0. The zero-order valence-electron chi connectivity index (χ0n) is 9.63. The van der Waals surface area contributed by atoms with Gasteiger partial charge in [0.05, 0.1) is 19.4 Å². The van der Waals surface area contributed by atoms with Crippen molar-refractivity contribution in [2.75, 3.05) is 7.11 Å². The number of aryl methyl sites for hydroxylation is 1. The van der Waals surface area contributed by atoms with Crippen LogP contribution in [0.25, 0.3) is 0 Å². The Labute approximate surface area is 94.7 Å². The molecule has 1 aromatic heterocycles. The van der Waals surface area contributed by atoms with Crippen molar-refractivity contribution in [2.24, 2.45) is 5.92 Å². The average Bonchev–Trinajstić information content (AvgIpc) is 3.06. The summed E-state index contributed by atoms with van der Waals surface area (Å²) in [5, 5.41) is 24.2. The second-order valence-electron chi connectivity index (χ2n) is 4.19. The summed E-state index contributed by atoms with van der Waals surface area (Å²) in [5.74, 6) is 0.758. The molecule has 0 aromatic carbocycles.